The number of hydrogen-bond donors (Lipinski definition) is 1. The molecule has 0 fully saturated rings. The Morgan fingerprint density at radius 3 is 2.73 bits per heavy atom. The number of nitrogens with one attached hydrogen (secondary N) is 1. The van der Waals surface area contributed by atoms with Crippen molar-refractivity contribution in [1.82, 2.24) is 15.1 Å². The van der Waals surface area contributed by atoms with Gasteiger partial charge in [0.05, 0.1) is 16.4 Å². The van der Waals surface area contributed by atoms with Crippen molar-refractivity contribution in [2.75, 3.05) is 6.54 Å². The van der Waals surface area contributed by atoms with E-state index in [0.717, 1.165) is 22.8 Å². The molecule has 1 aromatic rings. The standard InChI is InChI=1S/C10H15Cl2N3/c1-4-8-10(12)9(15(3)14-8)6-13-5-7(2)11/h13H,2,4-6H2,1,3H3. The number of aromatic nitrogens is 2. The van der Waals surface area contributed by atoms with Crippen LogP contribution in [-0.4, -0.2) is 16.3 Å². The molecule has 1 aromatic heterocycles. The molecule has 0 saturated heterocycles. The first-order valence-corrected chi connectivity index (χ1v) is 5.56. The molecule has 0 atom stereocenters. The molecule has 3 nitrogen and oxygen atoms in total. The lowest BCUT2D eigenvalue weighted by Crippen LogP contribution is -2.17. The Bertz CT molecular complexity index is 358. The molecule has 0 unspecified atom stereocenters. The van der Waals surface area contributed by atoms with E-state index in [9.17, 15) is 0 Å². The lowest BCUT2D eigenvalue weighted by Gasteiger charge is -2.04. The van der Waals surface area contributed by atoms with Gasteiger partial charge in [-0.2, -0.15) is 5.10 Å². The minimum absolute atomic E-state index is 0.574. The fourth-order valence-electron chi connectivity index (χ4n) is 1.33. The topological polar surface area (TPSA) is 29.9 Å². The molecule has 15 heavy (non-hydrogen) atoms. The maximum atomic E-state index is 6.17. The normalized spacial score (nSPS) is 10.7. The van der Waals surface area contributed by atoms with Crippen molar-refractivity contribution in [3.05, 3.63) is 28.0 Å². The SMILES string of the molecule is C=C(Cl)CNCc1c(Cl)c(CC)nn1C. The third-order valence-electron chi connectivity index (χ3n) is 2.11. The van der Waals surface area contributed by atoms with Gasteiger partial charge >= 0.3 is 0 Å². The van der Waals surface area contributed by atoms with Gasteiger partial charge in [-0.15, -0.1) is 0 Å². The third-order valence-corrected chi connectivity index (χ3v) is 2.68. The van der Waals surface area contributed by atoms with Gasteiger partial charge in [0.2, 0.25) is 0 Å². The summed E-state index contributed by atoms with van der Waals surface area (Å²) in [4.78, 5) is 0. The molecule has 84 valence electrons. The van der Waals surface area contributed by atoms with Gasteiger partial charge in [0, 0.05) is 25.2 Å². The van der Waals surface area contributed by atoms with Crippen molar-refractivity contribution >= 4 is 23.2 Å². The summed E-state index contributed by atoms with van der Waals surface area (Å²) >= 11 is 11.8. The van der Waals surface area contributed by atoms with E-state index in [-0.39, 0.29) is 0 Å². The van der Waals surface area contributed by atoms with Crippen molar-refractivity contribution < 1.29 is 0 Å². The summed E-state index contributed by atoms with van der Waals surface area (Å²) in [6.45, 7) is 6.85. The minimum Gasteiger partial charge on any atom is -0.306 e. The highest BCUT2D eigenvalue weighted by atomic mass is 35.5. The van der Waals surface area contributed by atoms with Crippen LogP contribution in [0.25, 0.3) is 0 Å². The average molecular weight is 248 g/mol. The van der Waals surface area contributed by atoms with Gasteiger partial charge in [-0.05, 0) is 6.42 Å². The molecule has 0 spiro atoms. The second-order valence-electron chi connectivity index (χ2n) is 3.31. The molecule has 0 aliphatic carbocycles. The smallest absolute Gasteiger partial charge is 0.0863 e. The first-order chi connectivity index (χ1) is 7.06. The monoisotopic (exact) mass is 247 g/mol. The number of hydrogen-bond acceptors (Lipinski definition) is 2. The number of aryl methyl sites for hydroxylation is 2. The highest BCUT2D eigenvalue weighted by Crippen LogP contribution is 2.20. The zero-order chi connectivity index (χ0) is 11.4. The van der Waals surface area contributed by atoms with Crippen molar-refractivity contribution in [2.24, 2.45) is 7.05 Å². The van der Waals surface area contributed by atoms with E-state index < -0.39 is 0 Å². The quantitative estimate of drug-likeness (QED) is 0.867. The van der Waals surface area contributed by atoms with Crippen LogP contribution in [0.5, 0.6) is 0 Å². The fraction of sp³-hybridized carbons (Fsp3) is 0.500. The molecular weight excluding hydrogens is 233 g/mol. The average Bonchev–Trinajstić information content (AvgIpc) is 2.44. The summed E-state index contributed by atoms with van der Waals surface area (Å²) in [6.07, 6.45) is 0.842. The predicted octanol–water partition coefficient (Wildman–Crippen LogP) is 2.48. The maximum absolute atomic E-state index is 6.17. The van der Waals surface area contributed by atoms with E-state index in [2.05, 4.69) is 17.0 Å². The largest absolute Gasteiger partial charge is 0.306 e. The minimum atomic E-state index is 0.574. The molecule has 0 saturated carbocycles. The van der Waals surface area contributed by atoms with Crippen LogP contribution in [0.15, 0.2) is 11.6 Å². The fourth-order valence-corrected chi connectivity index (χ4v) is 1.78. The van der Waals surface area contributed by atoms with Gasteiger partial charge in [-0.25, -0.2) is 0 Å². The Hall–Kier alpha value is -0.510. The molecule has 5 heteroatoms. The van der Waals surface area contributed by atoms with E-state index in [1.54, 1.807) is 4.68 Å². The van der Waals surface area contributed by atoms with Crippen molar-refractivity contribution in [3.8, 4) is 0 Å². The summed E-state index contributed by atoms with van der Waals surface area (Å²) in [5.74, 6) is 0. The highest BCUT2D eigenvalue weighted by molar-refractivity contribution is 6.32. The first-order valence-electron chi connectivity index (χ1n) is 4.80. The summed E-state index contributed by atoms with van der Waals surface area (Å²) in [7, 11) is 1.89. The van der Waals surface area contributed by atoms with Crippen molar-refractivity contribution in [1.29, 1.82) is 0 Å². The lowest BCUT2D eigenvalue weighted by molar-refractivity contribution is 0.649. The molecule has 0 aromatic carbocycles. The Kier molecular flexibility index (Phi) is 4.64. The molecule has 0 aliphatic rings. The van der Waals surface area contributed by atoms with Gasteiger partial charge in [0.1, 0.15) is 0 Å². The molecule has 0 radical (unpaired) electrons. The van der Waals surface area contributed by atoms with Crippen LogP contribution < -0.4 is 5.32 Å². The van der Waals surface area contributed by atoms with Gasteiger partial charge in [0.15, 0.2) is 0 Å². The first kappa shape index (κ1) is 12.6. The summed E-state index contributed by atoms with van der Waals surface area (Å²) in [5, 5.41) is 8.79. The van der Waals surface area contributed by atoms with Crippen LogP contribution in [0.2, 0.25) is 5.02 Å². The van der Waals surface area contributed by atoms with Gasteiger partial charge in [-0.1, -0.05) is 36.7 Å². The molecule has 1 heterocycles. The Balaban J connectivity index is 2.68. The third kappa shape index (κ3) is 3.23. The number of nitrogens with zero attached hydrogens (tertiary/aromatic N) is 2. The van der Waals surface area contributed by atoms with E-state index in [0.29, 0.717) is 18.1 Å². The van der Waals surface area contributed by atoms with Gasteiger partial charge in [0.25, 0.3) is 0 Å². The van der Waals surface area contributed by atoms with Crippen molar-refractivity contribution in [3.63, 3.8) is 0 Å². The second kappa shape index (κ2) is 5.54. The molecule has 1 N–H and O–H groups in total. The van der Waals surface area contributed by atoms with Crippen LogP contribution in [0.4, 0.5) is 0 Å². The summed E-state index contributed by atoms with van der Waals surface area (Å²) in [6, 6.07) is 0. The van der Waals surface area contributed by atoms with Crippen LogP contribution in [-0.2, 0) is 20.0 Å². The summed E-state index contributed by atoms with van der Waals surface area (Å²) in [5.41, 5.74) is 1.91. The predicted molar refractivity (Wildman–Crippen MR) is 64.3 cm³/mol. The van der Waals surface area contributed by atoms with E-state index in [1.165, 1.54) is 0 Å². The van der Waals surface area contributed by atoms with Gasteiger partial charge < -0.3 is 5.32 Å². The van der Waals surface area contributed by atoms with Crippen molar-refractivity contribution in [2.45, 2.75) is 19.9 Å². The zero-order valence-electron chi connectivity index (χ0n) is 8.98. The Morgan fingerprint density at radius 1 is 1.60 bits per heavy atom. The van der Waals surface area contributed by atoms with E-state index in [4.69, 9.17) is 23.2 Å². The van der Waals surface area contributed by atoms with E-state index >= 15 is 0 Å². The molecular formula is C10H15Cl2N3. The highest BCUT2D eigenvalue weighted by Gasteiger charge is 2.11. The Morgan fingerprint density at radius 2 is 2.27 bits per heavy atom. The zero-order valence-corrected chi connectivity index (χ0v) is 10.5. The lowest BCUT2D eigenvalue weighted by atomic mass is 10.3. The second-order valence-corrected chi connectivity index (χ2v) is 4.22. The Labute approximate surface area is 100 Å². The van der Waals surface area contributed by atoms with Crippen LogP contribution in [0.3, 0.4) is 0 Å². The molecule has 0 amide bonds. The number of rotatable bonds is 5. The molecule has 0 bridgehead atoms. The molecule has 1 rings (SSSR count). The number of halogens is 2. The maximum Gasteiger partial charge on any atom is 0.0863 e. The van der Waals surface area contributed by atoms with E-state index in [1.807, 2.05) is 14.0 Å². The van der Waals surface area contributed by atoms with Gasteiger partial charge in [-0.3, -0.25) is 4.68 Å². The van der Waals surface area contributed by atoms with Crippen LogP contribution in [0.1, 0.15) is 18.3 Å². The molecule has 0 aliphatic heterocycles. The summed E-state index contributed by atoms with van der Waals surface area (Å²) < 4.78 is 1.80. The van der Waals surface area contributed by atoms with Crippen LogP contribution in [0, 0.1) is 0 Å². The van der Waals surface area contributed by atoms with Crippen LogP contribution >= 0.6 is 23.2 Å².